The molecule has 29 heavy (non-hydrogen) atoms. The van der Waals surface area contributed by atoms with E-state index >= 15 is 0 Å². The van der Waals surface area contributed by atoms with Gasteiger partial charge in [-0.05, 0) is 60.7 Å². The highest BCUT2D eigenvalue weighted by atomic mass is 19.1. The highest BCUT2D eigenvalue weighted by Gasteiger charge is 2.22. The number of anilines is 1. The van der Waals surface area contributed by atoms with Crippen molar-refractivity contribution in [3.63, 3.8) is 0 Å². The average molecular weight is 399 g/mol. The number of para-hydroxylation sites is 1. The molecule has 0 spiro atoms. The van der Waals surface area contributed by atoms with E-state index in [-0.39, 0.29) is 11.6 Å². The zero-order valence-corrected chi connectivity index (χ0v) is 17.2. The molecule has 7 heteroatoms. The molecule has 0 saturated carbocycles. The maximum absolute atomic E-state index is 13.6. The van der Waals surface area contributed by atoms with Crippen LogP contribution in [0.4, 0.5) is 10.1 Å². The fourth-order valence-corrected chi connectivity index (χ4v) is 2.67. The van der Waals surface area contributed by atoms with Crippen LogP contribution in [-0.4, -0.2) is 25.1 Å². The van der Waals surface area contributed by atoms with Gasteiger partial charge in [0.05, 0.1) is 19.0 Å². The molecule has 0 bridgehead atoms. The maximum Gasteiger partial charge on any atom is 0.252 e. The lowest BCUT2D eigenvalue weighted by atomic mass is 9.97. The molecule has 0 aliphatic heterocycles. The molecule has 2 rings (SSSR count). The lowest BCUT2D eigenvalue weighted by molar-refractivity contribution is -0.131. The molecule has 0 saturated heterocycles. The van der Waals surface area contributed by atoms with E-state index in [9.17, 15) is 14.0 Å². The van der Waals surface area contributed by atoms with Gasteiger partial charge in [-0.3, -0.25) is 9.59 Å². The van der Waals surface area contributed by atoms with E-state index in [1.165, 1.54) is 31.3 Å². The third-order valence-corrected chi connectivity index (χ3v) is 4.54. The fraction of sp³-hybridized carbons (Fsp3) is 0.318. The summed E-state index contributed by atoms with van der Waals surface area (Å²) in [5, 5.41) is 6.37. The number of nitrogens with one attached hydrogen (secondary N) is 2. The number of nitrogens with zero attached hydrogens (tertiary/aromatic N) is 1. The molecule has 1 atom stereocenters. The number of hydrogen-bond acceptors (Lipinski definition) is 4. The predicted octanol–water partition coefficient (Wildman–Crippen LogP) is 3.99. The number of hydrazone groups is 1. The van der Waals surface area contributed by atoms with Crippen molar-refractivity contribution >= 4 is 23.7 Å². The largest absolute Gasteiger partial charge is 0.496 e. The van der Waals surface area contributed by atoms with Crippen molar-refractivity contribution in [1.82, 2.24) is 5.43 Å². The minimum absolute atomic E-state index is 0.0238. The molecule has 0 heterocycles. The van der Waals surface area contributed by atoms with E-state index in [1.54, 1.807) is 13.2 Å². The van der Waals surface area contributed by atoms with Gasteiger partial charge in [0.2, 0.25) is 5.91 Å². The van der Waals surface area contributed by atoms with Crippen LogP contribution in [0.1, 0.15) is 43.4 Å². The van der Waals surface area contributed by atoms with Crippen molar-refractivity contribution in [2.75, 3.05) is 12.4 Å². The van der Waals surface area contributed by atoms with Crippen molar-refractivity contribution in [2.45, 2.75) is 33.6 Å². The summed E-state index contributed by atoms with van der Waals surface area (Å²) in [6, 6.07) is 9.64. The second-order valence-electron chi connectivity index (χ2n) is 7.03. The summed E-state index contributed by atoms with van der Waals surface area (Å²) in [5.74, 6) is -1.76. The number of benzene rings is 2. The number of carbonyl (C=O) groups is 2. The molecule has 0 aliphatic rings. The lowest BCUT2D eigenvalue weighted by Crippen LogP contribution is -2.34. The zero-order valence-electron chi connectivity index (χ0n) is 17.2. The number of halogens is 1. The molecular weight excluding hydrogens is 373 g/mol. The third-order valence-electron chi connectivity index (χ3n) is 4.54. The van der Waals surface area contributed by atoms with Crippen LogP contribution < -0.4 is 15.5 Å². The Bertz CT molecular complexity index is 926. The average Bonchev–Trinajstić information content (AvgIpc) is 2.69. The van der Waals surface area contributed by atoms with Gasteiger partial charge in [0.15, 0.2) is 0 Å². The molecule has 0 fully saturated rings. The number of rotatable bonds is 7. The van der Waals surface area contributed by atoms with Gasteiger partial charge in [0.1, 0.15) is 17.5 Å². The van der Waals surface area contributed by atoms with Crippen LogP contribution in [0, 0.1) is 18.7 Å². The van der Waals surface area contributed by atoms with Gasteiger partial charge in [0.25, 0.3) is 5.91 Å². The second-order valence-corrected chi connectivity index (χ2v) is 7.03. The van der Waals surface area contributed by atoms with Crippen LogP contribution in [0.3, 0.4) is 0 Å². The number of carbonyl (C=O) groups excluding carboxylic acids is 2. The summed E-state index contributed by atoms with van der Waals surface area (Å²) in [4.78, 5) is 24.4. The minimum Gasteiger partial charge on any atom is -0.496 e. The van der Waals surface area contributed by atoms with Crippen molar-refractivity contribution in [3.05, 3.63) is 58.9 Å². The van der Waals surface area contributed by atoms with E-state index < -0.39 is 23.5 Å². The Morgan fingerprint density at radius 1 is 1.14 bits per heavy atom. The van der Waals surface area contributed by atoms with Gasteiger partial charge in [0, 0.05) is 0 Å². The monoisotopic (exact) mass is 399 g/mol. The molecule has 0 aromatic heterocycles. The van der Waals surface area contributed by atoms with E-state index in [2.05, 4.69) is 29.7 Å². The van der Waals surface area contributed by atoms with Gasteiger partial charge in [-0.1, -0.05) is 26.0 Å². The van der Waals surface area contributed by atoms with Crippen LogP contribution >= 0.6 is 0 Å². The highest BCUT2D eigenvalue weighted by Crippen LogP contribution is 2.29. The Labute approximate surface area is 170 Å². The highest BCUT2D eigenvalue weighted by molar-refractivity contribution is 6.06. The first kappa shape index (κ1) is 22.1. The molecule has 0 radical (unpaired) electrons. The minimum atomic E-state index is -1.05. The molecule has 6 nitrogen and oxygen atoms in total. The Morgan fingerprint density at radius 3 is 2.45 bits per heavy atom. The van der Waals surface area contributed by atoms with Crippen molar-refractivity contribution in [3.8, 4) is 5.75 Å². The van der Waals surface area contributed by atoms with Gasteiger partial charge in [-0.15, -0.1) is 0 Å². The van der Waals surface area contributed by atoms with Crippen LogP contribution in [0.2, 0.25) is 0 Å². The number of aryl methyl sites for hydroxylation is 1. The molecule has 2 N–H and O–H groups in total. The predicted molar refractivity (Wildman–Crippen MR) is 112 cm³/mol. The summed E-state index contributed by atoms with van der Waals surface area (Å²) in [6.45, 7) is 7.47. The quantitative estimate of drug-likeness (QED) is 0.420. The van der Waals surface area contributed by atoms with E-state index in [0.717, 1.165) is 22.4 Å². The lowest BCUT2D eigenvalue weighted by Gasteiger charge is -2.14. The summed E-state index contributed by atoms with van der Waals surface area (Å²) in [7, 11) is 1.63. The third kappa shape index (κ3) is 5.63. The van der Waals surface area contributed by atoms with Crippen molar-refractivity contribution in [2.24, 2.45) is 11.0 Å². The molecule has 2 amide bonds. The number of amides is 2. The molecule has 1 unspecified atom stereocenters. The first-order valence-corrected chi connectivity index (χ1v) is 9.31. The summed E-state index contributed by atoms with van der Waals surface area (Å²) >= 11 is 0. The molecule has 154 valence electrons. The summed E-state index contributed by atoms with van der Waals surface area (Å²) < 4.78 is 19.1. The number of ether oxygens (including phenoxy) is 1. The molecular formula is C22H26FN3O3. The summed E-state index contributed by atoms with van der Waals surface area (Å²) in [5.41, 5.74) is 5.19. The van der Waals surface area contributed by atoms with Crippen LogP contribution in [0.25, 0.3) is 0 Å². The Balaban J connectivity index is 2.04. The number of hydrogen-bond donors (Lipinski definition) is 2. The zero-order chi connectivity index (χ0) is 21.6. The Kier molecular flexibility index (Phi) is 7.47. The van der Waals surface area contributed by atoms with E-state index in [0.29, 0.717) is 0 Å². The maximum atomic E-state index is 13.6. The van der Waals surface area contributed by atoms with Crippen molar-refractivity contribution in [1.29, 1.82) is 0 Å². The van der Waals surface area contributed by atoms with Gasteiger partial charge >= 0.3 is 0 Å². The molecule has 2 aromatic rings. The van der Waals surface area contributed by atoms with Gasteiger partial charge in [-0.2, -0.15) is 5.10 Å². The van der Waals surface area contributed by atoms with Crippen LogP contribution in [0.5, 0.6) is 5.75 Å². The topological polar surface area (TPSA) is 79.8 Å². The summed E-state index contributed by atoms with van der Waals surface area (Å²) in [6.07, 6.45) is 1.53. The van der Waals surface area contributed by atoms with Gasteiger partial charge < -0.3 is 10.1 Å². The standard InChI is InChI=1S/C22H26FN3O3/c1-13(2)17-11-16(14(3)10-20(17)29-5)12-24-26-22(28)15(4)21(27)25-19-9-7-6-8-18(19)23/h6-13,15H,1-5H3,(H,25,27)(H,26,28). The first-order valence-electron chi connectivity index (χ1n) is 9.31. The van der Waals surface area contributed by atoms with Gasteiger partial charge in [-0.25, -0.2) is 9.82 Å². The van der Waals surface area contributed by atoms with E-state index in [4.69, 9.17) is 4.74 Å². The molecule has 2 aromatic carbocycles. The fourth-order valence-electron chi connectivity index (χ4n) is 2.67. The Hall–Kier alpha value is -3.22. The number of methoxy groups -OCH3 is 1. The first-order chi connectivity index (χ1) is 13.7. The smallest absolute Gasteiger partial charge is 0.252 e. The normalized spacial score (nSPS) is 12.1. The van der Waals surface area contributed by atoms with Crippen molar-refractivity contribution < 1.29 is 18.7 Å². The SMILES string of the molecule is COc1cc(C)c(C=NNC(=O)C(C)C(=O)Nc2ccccc2F)cc1C(C)C. The van der Waals surface area contributed by atoms with Crippen LogP contribution in [-0.2, 0) is 9.59 Å². The molecule has 0 aliphatic carbocycles. The van der Waals surface area contributed by atoms with E-state index in [1.807, 2.05) is 19.1 Å². The van der Waals surface area contributed by atoms with Crippen LogP contribution in [0.15, 0.2) is 41.5 Å². The Morgan fingerprint density at radius 2 is 1.83 bits per heavy atom. The second kappa shape index (κ2) is 9.82.